The Bertz CT molecular complexity index is 1440. The quantitative estimate of drug-likeness (QED) is 0.190. The van der Waals surface area contributed by atoms with Crippen molar-refractivity contribution in [2.45, 2.75) is 35.7 Å². The van der Waals surface area contributed by atoms with Crippen molar-refractivity contribution in [2.75, 3.05) is 12.3 Å². The number of benzene rings is 2. The summed E-state index contributed by atoms with van der Waals surface area (Å²) in [5.41, 5.74) is 4.44. The highest BCUT2D eigenvalue weighted by atomic mass is 32.2. The molecule has 190 valence electrons. The van der Waals surface area contributed by atoms with Gasteiger partial charge in [-0.2, -0.15) is 0 Å². The Morgan fingerprint density at radius 3 is 2.95 bits per heavy atom. The number of H-pyrrole nitrogens is 1. The molecule has 2 atom stereocenters. The summed E-state index contributed by atoms with van der Waals surface area (Å²) in [6, 6.07) is 16.6. The first-order valence-electron chi connectivity index (χ1n) is 12.1. The Morgan fingerprint density at radius 1 is 1.24 bits per heavy atom. The summed E-state index contributed by atoms with van der Waals surface area (Å²) in [6.45, 7) is 0.546. The van der Waals surface area contributed by atoms with E-state index in [9.17, 15) is 14.7 Å². The Kier molecular flexibility index (Phi) is 7.73. The number of aliphatic hydroxyl groups excluding tert-OH is 1. The lowest BCUT2D eigenvalue weighted by molar-refractivity contribution is -0.128. The molecule has 0 aliphatic carbocycles. The van der Waals surface area contributed by atoms with Crippen molar-refractivity contribution in [3.05, 3.63) is 83.5 Å². The number of hydrogen-bond donors (Lipinski definition) is 3. The molecule has 1 saturated heterocycles. The number of carbonyl (C=O) groups is 2. The number of hydrogen-bond acceptors (Lipinski definition) is 6. The zero-order valence-corrected chi connectivity index (χ0v) is 21.7. The molecular weight excluding hydrogens is 506 g/mol. The number of amides is 1. The average Bonchev–Trinajstić information content (AvgIpc) is 3.63. The van der Waals surface area contributed by atoms with Gasteiger partial charge in [0.05, 0.1) is 12.1 Å². The molecule has 7 nitrogen and oxygen atoms in total. The molecule has 0 radical (unpaired) electrons. The van der Waals surface area contributed by atoms with Crippen LogP contribution in [0.3, 0.4) is 0 Å². The third-order valence-corrected chi connectivity index (χ3v) is 8.45. The Morgan fingerprint density at radius 2 is 2.11 bits per heavy atom. The summed E-state index contributed by atoms with van der Waals surface area (Å²) >= 11 is 2.75. The van der Waals surface area contributed by atoms with E-state index in [1.54, 1.807) is 6.08 Å². The van der Waals surface area contributed by atoms with Gasteiger partial charge in [0, 0.05) is 42.2 Å². The number of carboxylic acid groups (broad SMARTS) is 1. The highest BCUT2D eigenvalue weighted by Crippen LogP contribution is 2.27. The SMILES string of the molecule is O=C(O)c1csc(SCCN2C(=O)CC[C@@H]2C=C[C@@H](O)Cc2cccc(-c3ccc4[nH]ccc4c3)c2)n1. The van der Waals surface area contributed by atoms with Crippen LogP contribution in [0.2, 0.25) is 0 Å². The molecule has 0 saturated carbocycles. The highest BCUT2D eigenvalue weighted by molar-refractivity contribution is 8.01. The van der Waals surface area contributed by atoms with Gasteiger partial charge in [0.25, 0.3) is 0 Å². The molecule has 1 fully saturated rings. The molecule has 0 unspecified atom stereocenters. The fourth-order valence-corrected chi connectivity index (χ4v) is 6.39. The maximum absolute atomic E-state index is 12.4. The largest absolute Gasteiger partial charge is 0.476 e. The number of nitrogens with one attached hydrogen (secondary N) is 1. The standard InChI is InChI=1S/C28H27N3O4S2/c32-23(15-18-2-1-3-19(14-18)20-4-8-24-21(16-20)10-11-29-24)7-5-22-6-9-26(33)31(22)12-13-36-28-30-25(17-37-28)27(34)35/h1-5,7-8,10-11,14,16-17,22-23,29,32H,6,9,12-13,15H2,(H,34,35)/t22-,23+/m0/s1. The molecule has 1 aliphatic rings. The van der Waals surface area contributed by atoms with E-state index in [4.69, 9.17) is 5.11 Å². The number of aromatic amines is 1. The van der Waals surface area contributed by atoms with Crippen molar-refractivity contribution in [3.8, 4) is 11.1 Å². The first kappa shape index (κ1) is 25.3. The first-order valence-corrected chi connectivity index (χ1v) is 14.0. The lowest BCUT2D eigenvalue weighted by Crippen LogP contribution is -2.33. The second-order valence-electron chi connectivity index (χ2n) is 8.98. The van der Waals surface area contributed by atoms with Crippen LogP contribution in [0, 0.1) is 0 Å². The van der Waals surface area contributed by atoms with Gasteiger partial charge in [-0.15, -0.1) is 11.3 Å². The van der Waals surface area contributed by atoms with Crippen molar-refractivity contribution in [2.24, 2.45) is 0 Å². The third-order valence-electron chi connectivity index (χ3n) is 6.45. The molecule has 0 spiro atoms. The zero-order valence-electron chi connectivity index (χ0n) is 20.0. The summed E-state index contributed by atoms with van der Waals surface area (Å²) in [7, 11) is 0. The van der Waals surface area contributed by atoms with Gasteiger partial charge < -0.3 is 20.1 Å². The normalized spacial score (nSPS) is 16.7. The van der Waals surface area contributed by atoms with Crippen LogP contribution < -0.4 is 0 Å². The molecule has 0 bridgehead atoms. The molecule has 5 rings (SSSR count). The van der Waals surface area contributed by atoms with Crippen molar-refractivity contribution in [1.82, 2.24) is 14.9 Å². The van der Waals surface area contributed by atoms with Gasteiger partial charge in [-0.1, -0.05) is 54.2 Å². The average molecular weight is 534 g/mol. The number of carboxylic acids is 1. The van der Waals surface area contributed by atoms with E-state index in [0.29, 0.717) is 29.5 Å². The van der Waals surface area contributed by atoms with E-state index in [1.165, 1.54) is 28.5 Å². The molecule has 1 amide bonds. The van der Waals surface area contributed by atoms with Crippen LogP contribution in [-0.2, 0) is 11.2 Å². The molecule has 9 heteroatoms. The molecule has 3 N–H and O–H groups in total. The predicted molar refractivity (Wildman–Crippen MR) is 147 cm³/mol. The van der Waals surface area contributed by atoms with Gasteiger partial charge in [-0.25, -0.2) is 9.78 Å². The number of aliphatic hydroxyl groups is 1. The minimum absolute atomic E-state index is 0.0480. The number of fused-ring (bicyclic) bond motifs is 1. The number of aromatic nitrogens is 2. The second kappa shape index (κ2) is 11.3. The van der Waals surface area contributed by atoms with Crippen molar-refractivity contribution >= 4 is 45.9 Å². The predicted octanol–water partition coefficient (Wildman–Crippen LogP) is 5.23. The Hall–Kier alpha value is -3.40. The number of carbonyl (C=O) groups excluding carboxylic acids is 1. The first-order chi connectivity index (χ1) is 18.0. The number of thiazole rings is 1. The zero-order chi connectivity index (χ0) is 25.8. The van der Waals surface area contributed by atoms with Crippen LogP contribution >= 0.6 is 23.1 Å². The second-order valence-corrected chi connectivity index (χ2v) is 11.2. The third kappa shape index (κ3) is 6.12. The van der Waals surface area contributed by atoms with Crippen LogP contribution in [0.1, 0.15) is 28.9 Å². The van der Waals surface area contributed by atoms with Crippen molar-refractivity contribution < 1.29 is 19.8 Å². The summed E-state index contributed by atoms with van der Waals surface area (Å²) < 4.78 is 0.682. The lowest BCUT2D eigenvalue weighted by atomic mass is 9.99. The Labute approximate surface area is 222 Å². The van der Waals surface area contributed by atoms with Crippen LogP contribution in [0.4, 0.5) is 0 Å². The van der Waals surface area contributed by atoms with E-state index >= 15 is 0 Å². The summed E-state index contributed by atoms with van der Waals surface area (Å²) in [5, 5.41) is 22.4. The number of nitrogens with zero attached hydrogens (tertiary/aromatic N) is 2. The summed E-state index contributed by atoms with van der Waals surface area (Å²) in [5.74, 6) is -0.305. The topological polar surface area (TPSA) is 107 Å². The molecule has 2 aromatic carbocycles. The summed E-state index contributed by atoms with van der Waals surface area (Å²) in [4.78, 5) is 32.5. The van der Waals surface area contributed by atoms with E-state index in [1.807, 2.05) is 29.3 Å². The van der Waals surface area contributed by atoms with Gasteiger partial charge in [0.15, 0.2) is 10.0 Å². The highest BCUT2D eigenvalue weighted by Gasteiger charge is 2.28. The Balaban J connectivity index is 1.17. The minimum atomic E-state index is -1.04. The number of thioether (sulfide) groups is 1. The smallest absolute Gasteiger partial charge is 0.355 e. The van der Waals surface area contributed by atoms with E-state index in [2.05, 4.69) is 46.4 Å². The summed E-state index contributed by atoms with van der Waals surface area (Å²) in [6.07, 6.45) is 6.72. The fourth-order valence-electron chi connectivity index (χ4n) is 4.58. The van der Waals surface area contributed by atoms with E-state index < -0.39 is 12.1 Å². The molecule has 1 aliphatic heterocycles. The minimum Gasteiger partial charge on any atom is -0.476 e. The molecule has 3 heterocycles. The van der Waals surface area contributed by atoms with Gasteiger partial charge >= 0.3 is 5.97 Å². The van der Waals surface area contributed by atoms with Crippen LogP contribution in [0.25, 0.3) is 22.0 Å². The number of aromatic carboxylic acids is 1. The maximum atomic E-state index is 12.4. The monoisotopic (exact) mass is 533 g/mol. The van der Waals surface area contributed by atoms with Crippen molar-refractivity contribution in [3.63, 3.8) is 0 Å². The van der Waals surface area contributed by atoms with E-state index in [-0.39, 0.29) is 17.6 Å². The number of rotatable bonds is 10. The van der Waals surface area contributed by atoms with Gasteiger partial charge in [-0.05, 0) is 46.7 Å². The molecule has 2 aromatic heterocycles. The maximum Gasteiger partial charge on any atom is 0.355 e. The van der Waals surface area contributed by atoms with Gasteiger partial charge in [0.2, 0.25) is 5.91 Å². The van der Waals surface area contributed by atoms with E-state index in [0.717, 1.165) is 34.0 Å². The van der Waals surface area contributed by atoms with Crippen LogP contribution in [-0.4, -0.2) is 61.4 Å². The van der Waals surface area contributed by atoms with Crippen LogP contribution in [0.5, 0.6) is 0 Å². The lowest BCUT2D eigenvalue weighted by Gasteiger charge is -2.22. The van der Waals surface area contributed by atoms with Crippen molar-refractivity contribution in [1.29, 1.82) is 0 Å². The molecule has 4 aromatic rings. The van der Waals surface area contributed by atoms with Gasteiger partial charge in [0.1, 0.15) is 0 Å². The molecule has 37 heavy (non-hydrogen) atoms. The van der Waals surface area contributed by atoms with Gasteiger partial charge in [-0.3, -0.25) is 4.79 Å². The van der Waals surface area contributed by atoms with Crippen LogP contribution in [0.15, 0.2) is 76.6 Å². The number of likely N-dealkylation sites (tertiary alicyclic amines) is 1. The molecular formula is C28H27N3O4S2. The fraction of sp³-hybridized carbons (Fsp3) is 0.250.